The SMILES string of the molecule is O=C(COc1ccccc1I)N1CCCNCC1. The topological polar surface area (TPSA) is 41.6 Å². The number of ether oxygens (including phenoxy) is 1. The van der Waals surface area contributed by atoms with Gasteiger partial charge >= 0.3 is 0 Å². The second-order valence-corrected chi connectivity index (χ2v) is 5.37. The van der Waals surface area contributed by atoms with Crippen LogP contribution < -0.4 is 10.1 Å². The predicted molar refractivity (Wildman–Crippen MR) is 78.7 cm³/mol. The molecule has 1 aromatic rings. The Morgan fingerprint density at radius 1 is 1.33 bits per heavy atom. The Balaban J connectivity index is 1.86. The molecule has 0 radical (unpaired) electrons. The molecule has 0 aromatic heterocycles. The Labute approximate surface area is 121 Å². The number of rotatable bonds is 3. The smallest absolute Gasteiger partial charge is 0.260 e. The van der Waals surface area contributed by atoms with Crippen molar-refractivity contribution in [3.63, 3.8) is 0 Å². The Morgan fingerprint density at radius 3 is 3.00 bits per heavy atom. The van der Waals surface area contributed by atoms with E-state index >= 15 is 0 Å². The zero-order valence-corrected chi connectivity index (χ0v) is 12.4. The van der Waals surface area contributed by atoms with Crippen LogP contribution in [0.4, 0.5) is 0 Å². The van der Waals surface area contributed by atoms with Gasteiger partial charge in [0.25, 0.3) is 5.91 Å². The summed E-state index contributed by atoms with van der Waals surface area (Å²) in [5.41, 5.74) is 0. The van der Waals surface area contributed by atoms with E-state index in [1.165, 1.54) is 0 Å². The molecule has 0 aliphatic carbocycles. The minimum absolute atomic E-state index is 0.0679. The maximum atomic E-state index is 12.0. The second kappa shape index (κ2) is 6.94. The molecular formula is C13H17IN2O2. The summed E-state index contributed by atoms with van der Waals surface area (Å²) in [6.07, 6.45) is 1.01. The van der Waals surface area contributed by atoms with Gasteiger partial charge in [0.1, 0.15) is 5.75 Å². The molecule has 0 atom stereocenters. The van der Waals surface area contributed by atoms with E-state index in [0.29, 0.717) is 0 Å². The first-order valence-corrected chi connectivity index (χ1v) is 7.21. The molecule has 98 valence electrons. The maximum absolute atomic E-state index is 12.0. The van der Waals surface area contributed by atoms with Gasteiger partial charge in [0, 0.05) is 19.6 Å². The number of nitrogens with zero attached hydrogens (tertiary/aromatic N) is 1. The molecule has 1 aliphatic heterocycles. The third-order valence-electron chi connectivity index (χ3n) is 2.88. The summed E-state index contributed by atoms with van der Waals surface area (Å²) in [6, 6.07) is 7.73. The van der Waals surface area contributed by atoms with E-state index in [9.17, 15) is 4.79 Å². The zero-order chi connectivity index (χ0) is 12.8. The van der Waals surface area contributed by atoms with Crippen LogP contribution in [0.3, 0.4) is 0 Å². The number of nitrogens with one attached hydrogen (secondary N) is 1. The zero-order valence-electron chi connectivity index (χ0n) is 10.2. The van der Waals surface area contributed by atoms with Crippen LogP contribution in [-0.4, -0.2) is 43.6 Å². The number of benzene rings is 1. The number of amides is 1. The van der Waals surface area contributed by atoms with E-state index in [1.807, 2.05) is 29.2 Å². The summed E-state index contributed by atoms with van der Waals surface area (Å²) in [5.74, 6) is 0.845. The standard InChI is InChI=1S/C13H17IN2O2/c14-11-4-1-2-5-12(11)18-10-13(17)16-8-3-6-15-7-9-16/h1-2,4-5,15H,3,6-10H2. The Bertz CT molecular complexity index is 404. The molecule has 0 spiro atoms. The molecular weight excluding hydrogens is 343 g/mol. The lowest BCUT2D eigenvalue weighted by atomic mass is 10.3. The number of carbonyl (C=O) groups excluding carboxylic acids is 1. The van der Waals surface area contributed by atoms with Crippen molar-refractivity contribution in [3.8, 4) is 5.75 Å². The summed E-state index contributed by atoms with van der Waals surface area (Å²) < 4.78 is 6.60. The lowest BCUT2D eigenvalue weighted by Gasteiger charge is -2.20. The Kier molecular flexibility index (Phi) is 5.25. The van der Waals surface area contributed by atoms with Crippen LogP contribution in [0.1, 0.15) is 6.42 Å². The third-order valence-corrected chi connectivity index (χ3v) is 3.77. The highest BCUT2D eigenvalue weighted by Crippen LogP contribution is 2.19. The lowest BCUT2D eigenvalue weighted by Crippen LogP contribution is -2.37. The fraction of sp³-hybridized carbons (Fsp3) is 0.462. The van der Waals surface area contributed by atoms with E-state index in [-0.39, 0.29) is 12.5 Å². The van der Waals surface area contributed by atoms with E-state index < -0.39 is 0 Å². The van der Waals surface area contributed by atoms with Crippen LogP contribution in [-0.2, 0) is 4.79 Å². The van der Waals surface area contributed by atoms with Gasteiger partial charge in [0.05, 0.1) is 3.57 Å². The molecule has 1 heterocycles. The van der Waals surface area contributed by atoms with Crippen LogP contribution in [0.2, 0.25) is 0 Å². The first-order valence-electron chi connectivity index (χ1n) is 6.13. The molecule has 1 aliphatic rings. The highest BCUT2D eigenvalue weighted by Gasteiger charge is 2.15. The summed E-state index contributed by atoms with van der Waals surface area (Å²) in [5, 5.41) is 3.28. The van der Waals surface area contributed by atoms with Crippen molar-refractivity contribution in [3.05, 3.63) is 27.8 Å². The monoisotopic (exact) mass is 360 g/mol. The number of hydrogen-bond donors (Lipinski definition) is 1. The van der Waals surface area contributed by atoms with Gasteiger partial charge in [-0.1, -0.05) is 12.1 Å². The first-order chi connectivity index (χ1) is 8.77. The quantitative estimate of drug-likeness (QED) is 0.831. The minimum atomic E-state index is 0.0679. The minimum Gasteiger partial charge on any atom is -0.483 e. The van der Waals surface area contributed by atoms with Crippen molar-refractivity contribution >= 4 is 28.5 Å². The van der Waals surface area contributed by atoms with Crippen LogP contribution >= 0.6 is 22.6 Å². The molecule has 1 N–H and O–H groups in total. The van der Waals surface area contributed by atoms with Gasteiger partial charge in [-0.25, -0.2) is 0 Å². The number of hydrogen-bond acceptors (Lipinski definition) is 3. The average Bonchev–Trinajstić information content (AvgIpc) is 2.66. The summed E-state index contributed by atoms with van der Waals surface area (Å²) in [4.78, 5) is 13.9. The molecule has 2 rings (SSSR count). The number of halogens is 1. The van der Waals surface area contributed by atoms with Gasteiger partial charge in [-0.2, -0.15) is 0 Å². The molecule has 0 bridgehead atoms. The largest absolute Gasteiger partial charge is 0.483 e. The van der Waals surface area contributed by atoms with Gasteiger partial charge in [0.15, 0.2) is 6.61 Å². The van der Waals surface area contributed by atoms with Gasteiger partial charge < -0.3 is 15.0 Å². The molecule has 1 amide bonds. The van der Waals surface area contributed by atoms with Crippen molar-refractivity contribution in [1.82, 2.24) is 10.2 Å². The maximum Gasteiger partial charge on any atom is 0.260 e. The fourth-order valence-electron chi connectivity index (χ4n) is 1.89. The van der Waals surface area contributed by atoms with Crippen molar-refractivity contribution in [2.75, 3.05) is 32.8 Å². The van der Waals surface area contributed by atoms with Crippen LogP contribution in [0.15, 0.2) is 24.3 Å². The molecule has 1 fully saturated rings. The second-order valence-electron chi connectivity index (χ2n) is 4.20. The van der Waals surface area contributed by atoms with Crippen LogP contribution in [0.25, 0.3) is 0 Å². The van der Waals surface area contributed by atoms with Crippen molar-refractivity contribution in [1.29, 1.82) is 0 Å². The summed E-state index contributed by atoms with van der Waals surface area (Å²) >= 11 is 2.21. The third kappa shape index (κ3) is 3.84. The van der Waals surface area contributed by atoms with Crippen LogP contribution in [0.5, 0.6) is 5.75 Å². The fourth-order valence-corrected chi connectivity index (χ4v) is 2.43. The first kappa shape index (κ1) is 13.6. The van der Waals surface area contributed by atoms with Crippen molar-refractivity contribution in [2.24, 2.45) is 0 Å². The molecule has 18 heavy (non-hydrogen) atoms. The lowest BCUT2D eigenvalue weighted by molar-refractivity contribution is -0.133. The molecule has 0 saturated carbocycles. The van der Waals surface area contributed by atoms with Crippen molar-refractivity contribution < 1.29 is 9.53 Å². The van der Waals surface area contributed by atoms with E-state index in [1.54, 1.807) is 0 Å². The van der Waals surface area contributed by atoms with Gasteiger partial charge in [-0.15, -0.1) is 0 Å². The van der Waals surface area contributed by atoms with Gasteiger partial charge in [-0.05, 0) is 47.7 Å². The van der Waals surface area contributed by atoms with Gasteiger partial charge in [-0.3, -0.25) is 4.79 Å². The number of para-hydroxylation sites is 1. The summed E-state index contributed by atoms with van der Waals surface area (Å²) in [7, 11) is 0. The average molecular weight is 360 g/mol. The number of carbonyl (C=O) groups is 1. The Hall–Kier alpha value is -0.820. The van der Waals surface area contributed by atoms with Crippen LogP contribution in [0, 0.1) is 3.57 Å². The van der Waals surface area contributed by atoms with Crippen molar-refractivity contribution in [2.45, 2.75) is 6.42 Å². The van der Waals surface area contributed by atoms with E-state index in [4.69, 9.17) is 4.74 Å². The highest BCUT2D eigenvalue weighted by atomic mass is 127. The molecule has 5 heteroatoms. The normalized spacial score (nSPS) is 16.2. The predicted octanol–water partition coefficient (Wildman–Crippen LogP) is 1.49. The Morgan fingerprint density at radius 2 is 2.17 bits per heavy atom. The van der Waals surface area contributed by atoms with E-state index in [2.05, 4.69) is 27.9 Å². The molecule has 0 unspecified atom stereocenters. The van der Waals surface area contributed by atoms with E-state index in [0.717, 1.165) is 41.9 Å². The highest BCUT2D eigenvalue weighted by molar-refractivity contribution is 14.1. The van der Waals surface area contributed by atoms with Gasteiger partial charge in [0.2, 0.25) is 0 Å². The summed E-state index contributed by atoms with van der Waals surface area (Å²) in [6.45, 7) is 3.57. The molecule has 1 saturated heterocycles. The molecule has 1 aromatic carbocycles. The molecule has 4 nitrogen and oxygen atoms in total.